The second-order valence-corrected chi connectivity index (χ2v) is 6.89. The van der Waals surface area contributed by atoms with E-state index < -0.39 is 5.54 Å². The molecular formula is C21H22N4O2. The third kappa shape index (κ3) is 3.19. The standard InChI is InChI=1S/C21H22N4O2/c1-27-17-9-7-15(8-10-17)19-18(13-23-24-19)20(26)25-12-11-21(22,14-25)16-5-3-2-4-6-16/h2-10,13H,11-12,14,22H2,1H3,(H,23,24). The molecule has 1 fully saturated rings. The fourth-order valence-corrected chi connectivity index (χ4v) is 3.61. The molecule has 6 heteroatoms. The van der Waals surface area contributed by atoms with Crippen LogP contribution < -0.4 is 10.5 Å². The monoisotopic (exact) mass is 362 g/mol. The lowest BCUT2D eigenvalue weighted by Crippen LogP contribution is -2.41. The average molecular weight is 362 g/mol. The molecule has 1 aliphatic heterocycles. The Kier molecular flexibility index (Phi) is 4.41. The molecule has 3 aromatic rings. The van der Waals surface area contributed by atoms with Crippen LogP contribution in [0.25, 0.3) is 11.3 Å². The quantitative estimate of drug-likeness (QED) is 0.747. The maximum absolute atomic E-state index is 13.1. The number of carbonyl (C=O) groups excluding carboxylic acids is 1. The molecule has 3 N–H and O–H groups in total. The number of likely N-dealkylation sites (tertiary alicyclic amines) is 1. The molecule has 0 bridgehead atoms. The van der Waals surface area contributed by atoms with Crippen molar-refractivity contribution in [3.05, 3.63) is 71.9 Å². The summed E-state index contributed by atoms with van der Waals surface area (Å²) >= 11 is 0. The Bertz CT molecular complexity index is 936. The Morgan fingerprint density at radius 1 is 1.19 bits per heavy atom. The smallest absolute Gasteiger partial charge is 0.257 e. The molecule has 2 aromatic carbocycles. The minimum Gasteiger partial charge on any atom is -0.497 e. The number of hydrogen-bond donors (Lipinski definition) is 2. The van der Waals surface area contributed by atoms with Gasteiger partial charge in [0, 0.05) is 18.7 Å². The number of nitrogens with zero attached hydrogens (tertiary/aromatic N) is 2. The third-order valence-electron chi connectivity index (χ3n) is 5.19. The Hall–Kier alpha value is -3.12. The van der Waals surface area contributed by atoms with Crippen LogP contribution in [0, 0.1) is 0 Å². The number of nitrogens with one attached hydrogen (secondary N) is 1. The van der Waals surface area contributed by atoms with E-state index in [4.69, 9.17) is 10.5 Å². The summed E-state index contributed by atoms with van der Waals surface area (Å²) in [4.78, 5) is 14.9. The highest BCUT2D eigenvalue weighted by Gasteiger charge is 2.38. The van der Waals surface area contributed by atoms with Crippen LogP contribution >= 0.6 is 0 Å². The molecule has 1 saturated heterocycles. The van der Waals surface area contributed by atoms with Crippen LogP contribution in [0.3, 0.4) is 0 Å². The van der Waals surface area contributed by atoms with Crippen LogP contribution in [-0.4, -0.2) is 41.2 Å². The van der Waals surface area contributed by atoms with Gasteiger partial charge < -0.3 is 15.4 Å². The zero-order valence-electron chi connectivity index (χ0n) is 15.2. The largest absolute Gasteiger partial charge is 0.497 e. The van der Waals surface area contributed by atoms with Crippen molar-refractivity contribution >= 4 is 5.91 Å². The lowest BCUT2D eigenvalue weighted by Gasteiger charge is -2.25. The first-order valence-electron chi connectivity index (χ1n) is 8.92. The van der Waals surface area contributed by atoms with Crippen molar-refractivity contribution in [2.45, 2.75) is 12.0 Å². The number of amides is 1. The Morgan fingerprint density at radius 3 is 2.63 bits per heavy atom. The van der Waals surface area contributed by atoms with E-state index in [-0.39, 0.29) is 5.91 Å². The zero-order chi connectivity index (χ0) is 18.9. The van der Waals surface area contributed by atoms with Crippen molar-refractivity contribution in [3.63, 3.8) is 0 Å². The molecule has 1 aromatic heterocycles. The van der Waals surface area contributed by atoms with Gasteiger partial charge in [-0.1, -0.05) is 30.3 Å². The van der Waals surface area contributed by atoms with E-state index in [9.17, 15) is 4.79 Å². The Labute approximate surface area is 158 Å². The van der Waals surface area contributed by atoms with Crippen LogP contribution in [0.15, 0.2) is 60.8 Å². The summed E-state index contributed by atoms with van der Waals surface area (Å²) in [7, 11) is 1.62. The van der Waals surface area contributed by atoms with Gasteiger partial charge in [0.05, 0.1) is 30.1 Å². The van der Waals surface area contributed by atoms with E-state index in [2.05, 4.69) is 10.2 Å². The number of nitrogens with two attached hydrogens (primary N) is 1. The Balaban J connectivity index is 1.57. The summed E-state index contributed by atoms with van der Waals surface area (Å²) in [6.45, 7) is 1.11. The second-order valence-electron chi connectivity index (χ2n) is 6.89. The first kappa shape index (κ1) is 17.3. The zero-order valence-corrected chi connectivity index (χ0v) is 15.2. The van der Waals surface area contributed by atoms with Gasteiger partial charge in [-0.05, 0) is 36.2 Å². The van der Waals surface area contributed by atoms with E-state index in [1.165, 1.54) is 0 Å². The maximum Gasteiger partial charge on any atom is 0.257 e. The SMILES string of the molecule is COc1ccc(-c2[nH]ncc2C(=O)N2CCC(N)(c3ccccc3)C2)cc1. The van der Waals surface area contributed by atoms with Crippen LogP contribution in [0.5, 0.6) is 5.75 Å². The van der Waals surface area contributed by atoms with E-state index in [0.717, 1.165) is 23.3 Å². The minimum atomic E-state index is -0.513. The highest BCUT2D eigenvalue weighted by atomic mass is 16.5. The van der Waals surface area contributed by atoms with Crippen LogP contribution in [-0.2, 0) is 5.54 Å². The van der Waals surface area contributed by atoms with Gasteiger partial charge in [0.2, 0.25) is 0 Å². The van der Waals surface area contributed by atoms with Crippen molar-refractivity contribution < 1.29 is 9.53 Å². The number of H-pyrrole nitrogens is 1. The van der Waals surface area contributed by atoms with E-state index in [1.54, 1.807) is 13.3 Å². The summed E-state index contributed by atoms with van der Waals surface area (Å²) in [6.07, 6.45) is 2.32. The van der Waals surface area contributed by atoms with E-state index in [0.29, 0.717) is 24.3 Å². The highest BCUT2D eigenvalue weighted by Crippen LogP contribution is 2.32. The number of carbonyl (C=O) groups is 1. The lowest BCUT2D eigenvalue weighted by atomic mass is 9.90. The van der Waals surface area contributed by atoms with Crippen LogP contribution in [0.2, 0.25) is 0 Å². The van der Waals surface area contributed by atoms with Gasteiger partial charge in [-0.2, -0.15) is 5.10 Å². The van der Waals surface area contributed by atoms with Gasteiger partial charge in [-0.3, -0.25) is 9.89 Å². The molecule has 1 unspecified atom stereocenters. The van der Waals surface area contributed by atoms with Crippen molar-refractivity contribution in [1.82, 2.24) is 15.1 Å². The molecule has 0 saturated carbocycles. The molecule has 1 aliphatic rings. The van der Waals surface area contributed by atoms with Gasteiger partial charge in [0.15, 0.2) is 0 Å². The third-order valence-corrected chi connectivity index (χ3v) is 5.19. The van der Waals surface area contributed by atoms with Crippen molar-refractivity contribution in [2.75, 3.05) is 20.2 Å². The lowest BCUT2D eigenvalue weighted by molar-refractivity contribution is 0.0784. The molecule has 2 heterocycles. The fraction of sp³-hybridized carbons (Fsp3) is 0.238. The maximum atomic E-state index is 13.1. The molecule has 4 rings (SSSR count). The summed E-state index contributed by atoms with van der Waals surface area (Å²) in [5.74, 6) is 0.708. The molecule has 1 amide bonds. The molecular weight excluding hydrogens is 340 g/mol. The summed E-state index contributed by atoms with van der Waals surface area (Å²) in [5.41, 5.74) is 9.30. The minimum absolute atomic E-state index is 0.0576. The number of aromatic nitrogens is 2. The Morgan fingerprint density at radius 2 is 1.93 bits per heavy atom. The van der Waals surface area contributed by atoms with Crippen molar-refractivity contribution in [3.8, 4) is 17.0 Å². The second kappa shape index (κ2) is 6.89. The number of ether oxygens (including phenoxy) is 1. The molecule has 138 valence electrons. The first-order valence-corrected chi connectivity index (χ1v) is 8.92. The molecule has 0 radical (unpaired) electrons. The van der Waals surface area contributed by atoms with Gasteiger partial charge in [-0.15, -0.1) is 0 Å². The number of methoxy groups -OCH3 is 1. The van der Waals surface area contributed by atoms with Gasteiger partial charge in [0.25, 0.3) is 5.91 Å². The topological polar surface area (TPSA) is 84.2 Å². The summed E-state index contributed by atoms with van der Waals surface area (Å²) < 4.78 is 5.20. The van der Waals surface area contributed by atoms with E-state index in [1.807, 2.05) is 59.5 Å². The van der Waals surface area contributed by atoms with Gasteiger partial charge in [-0.25, -0.2) is 0 Å². The predicted octanol–water partition coefficient (Wildman–Crippen LogP) is 2.79. The van der Waals surface area contributed by atoms with Crippen molar-refractivity contribution in [2.24, 2.45) is 5.73 Å². The number of rotatable bonds is 4. The number of hydrogen-bond acceptors (Lipinski definition) is 4. The number of benzene rings is 2. The van der Waals surface area contributed by atoms with Crippen LogP contribution in [0.4, 0.5) is 0 Å². The summed E-state index contributed by atoms with van der Waals surface area (Å²) in [6, 6.07) is 17.5. The highest BCUT2D eigenvalue weighted by molar-refractivity contribution is 6.00. The first-order chi connectivity index (χ1) is 13.1. The molecule has 27 heavy (non-hydrogen) atoms. The molecule has 1 atom stereocenters. The predicted molar refractivity (Wildman–Crippen MR) is 103 cm³/mol. The van der Waals surface area contributed by atoms with Crippen LogP contribution in [0.1, 0.15) is 22.3 Å². The fourth-order valence-electron chi connectivity index (χ4n) is 3.61. The van der Waals surface area contributed by atoms with Gasteiger partial charge >= 0.3 is 0 Å². The van der Waals surface area contributed by atoms with E-state index >= 15 is 0 Å². The molecule has 0 aliphatic carbocycles. The molecule has 0 spiro atoms. The molecule has 6 nitrogen and oxygen atoms in total. The summed E-state index contributed by atoms with van der Waals surface area (Å²) in [5, 5.41) is 7.04. The average Bonchev–Trinajstić information content (AvgIpc) is 3.36. The normalized spacial score (nSPS) is 19.3. The van der Waals surface area contributed by atoms with Crippen molar-refractivity contribution in [1.29, 1.82) is 0 Å². The number of aromatic amines is 1. The van der Waals surface area contributed by atoms with Gasteiger partial charge in [0.1, 0.15) is 5.75 Å².